The van der Waals surface area contributed by atoms with E-state index in [9.17, 15) is 57.8 Å². The molecule has 0 bridgehead atoms. The van der Waals surface area contributed by atoms with E-state index in [1.807, 2.05) is 5.32 Å². The molecule has 0 saturated carbocycles. The van der Waals surface area contributed by atoms with Gasteiger partial charge in [-0.05, 0) is 0 Å². The number of nitrogens with one attached hydrogen (secondary N) is 2. The first-order valence-electron chi connectivity index (χ1n) is 11.5. The van der Waals surface area contributed by atoms with Gasteiger partial charge in [0.1, 0.15) is 30.8 Å². The number of thioether (sulfide) groups is 1. The number of carbonyl (C=O) groups excluding carboxylic acids is 4. The van der Waals surface area contributed by atoms with Gasteiger partial charge in [-0.15, -0.1) is 23.1 Å². The van der Waals surface area contributed by atoms with E-state index in [-0.39, 0.29) is 34.6 Å². The van der Waals surface area contributed by atoms with Gasteiger partial charge in [-0.1, -0.05) is 5.16 Å². The molecule has 44 heavy (non-hydrogen) atoms. The topological polar surface area (TPSA) is 321 Å². The molecule has 21 nitrogen and oxygen atoms in total. The highest BCUT2D eigenvalue weighted by Crippen LogP contribution is 2.69. The number of ether oxygens (including phenoxy) is 2. The standard InChI is InChI=1S/C19H23N5O16P2S2/c1-7(25)39-4-8-5-43-16-12(14(28)24(16)15(8)40-18(29)30)22-13(27)11(23-38-2)9-6-44-17(20-9)21-10(26)3-19(31,41(32,33)34)42(35,36)37/h6,12,16,31H,3-5H2,1-2H3,(H,22,27)(H,29,30)(H,20,21,26)(H2,32,33,34)(H2,35,36,37)/b23-11-/t12-,16+/m1/s1. The zero-order chi connectivity index (χ0) is 33.2. The minimum absolute atomic E-state index is 0.0734. The maximum atomic E-state index is 13.1. The molecule has 2 aliphatic heterocycles. The predicted octanol–water partition coefficient (Wildman–Crippen LogP) is -1.31. The number of amides is 3. The van der Waals surface area contributed by atoms with E-state index >= 15 is 0 Å². The lowest BCUT2D eigenvalue weighted by Gasteiger charge is -2.49. The van der Waals surface area contributed by atoms with Crippen LogP contribution in [0.3, 0.4) is 0 Å². The molecule has 0 aliphatic carbocycles. The summed E-state index contributed by atoms with van der Waals surface area (Å²) in [5.74, 6) is -4.20. The number of hydrogen-bond acceptors (Lipinski definition) is 15. The lowest BCUT2D eigenvalue weighted by molar-refractivity contribution is -0.148. The molecule has 0 radical (unpaired) electrons. The molecule has 3 heterocycles. The van der Waals surface area contributed by atoms with Crippen LogP contribution in [0.25, 0.3) is 0 Å². The number of hydrogen-bond donors (Lipinski definition) is 8. The zero-order valence-corrected chi connectivity index (χ0v) is 25.6. The Morgan fingerprint density at radius 1 is 1.20 bits per heavy atom. The zero-order valence-electron chi connectivity index (χ0n) is 22.2. The number of aliphatic hydroxyl groups is 1. The van der Waals surface area contributed by atoms with Crippen molar-refractivity contribution in [3.8, 4) is 0 Å². The second-order valence-electron chi connectivity index (χ2n) is 8.67. The van der Waals surface area contributed by atoms with Crippen molar-refractivity contribution < 1.29 is 77.2 Å². The third-order valence-corrected chi connectivity index (χ3v) is 11.5. The van der Waals surface area contributed by atoms with E-state index in [1.54, 1.807) is 0 Å². The van der Waals surface area contributed by atoms with Gasteiger partial charge in [-0.25, -0.2) is 9.78 Å². The highest BCUT2D eigenvalue weighted by Gasteiger charge is 2.60. The Kier molecular flexibility index (Phi) is 10.6. The fourth-order valence-corrected chi connectivity index (χ4v) is 7.67. The number of β-lactam (4-membered cyclic amide) rings is 1. The monoisotopic (exact) mass is 703 g/mol. The number of fused-ring (bicyclic) bond motifs is 1. The van der Waals surface area contributed by atoms with Gasteiger partial charge in [0, 0.05) is 23.6 Å². The molecule has 8 N–H and O–H groups in total. The number of thiazole rings is 1. The smallest absolute Gasteiger partial charge is 0.461 e. The Morgan fingerprint density at radius 3 is 2.39 bits per heavy atom. The van der Waals surface area contributed by atoms with Crippen molar-refractivity contribution in [3.63, 3.8) is 0 Å². The van der Waals surface area contributed by atoms with Crippen molar-refractivity contribution in [2.45, 2.75) is 29.8 Å². The molecule has 2 aliphatic rings. The van der Waals surface area contributed by atoms with Crippen LogP contribution in [-0.4, -0.2) is 111 Å². The number of aromatic nitrogens is 1. The fraction of sp³-hybridized carbons (Fsp3) is 0.421. The third kappa shape index (κ3) is 7.45. The number of esters is 1. The lowest BCUT2D eigenvalue weighted by Crippen LogP contribution is -2.70. The van der Waals surface area contributed by atoms with Crippen LogP contribution in [-0.2, 0) is 42.6 Å². The number of carboxylic acid groups (broad SMARTS) is 1. The lowest BCUT2D eigenvalue weighted by atomic mass is 10.1. The van der Waals surface area contributed by atoms with Gasteiger partial charge in [0.25, 0.3) is 16.9 Å². The molecule has 3 rings (SSSR count). The molecule has 0 unspecified atom stereocenters. The Balaban J connectivity index is 1.74. The molecule has 0 aromatic carbocycles. The molecule has 1 aromatic rings. The van der Waals surface area contributed by atoms with Gasteiger partial charge < -0.3 is 54.7 Å². The number of carbonyl (C=O) groups is 5. The quantitative estimate of drug-likeness (QED) is 0.0412. The SMILES string of the molecule is CO/N=C(\C(=O)N[C@@H]1C(=O)N2C(OC(=O)O)=C(COC(C)=O)CS[C@@H]12)c1csc(NC(=O)CC(O)(P(=O)(O)O)P(=O)(O)O)n1. The molecule has 3 amide bonds. The van der Waals surface area contributed by atoms with E-state index < -0.39 is 73.7 Å². The summed E-state index contributed by atoms with van der Waals surface area (Å²) < 4.78 is 32.6. The van der Waals surface area contributed by atoms with Gasteiger partial charge in [0.2, 0.25) is 11.8 Å². The normalized spacial score (nSPS) is 19.0. The largest absolute Gasteiger partial charge is 0.512 e. The first kappa shape index (κ1) is 35.1. The summed E-state index contributed by atoms with van der Waals surface area (Å²) in [4.78, 5) is 107. The van der Waals surface area contributed by atoms with Crippen molar-refractivity contribution in [1.82, 2.24) is 15.2 Å². The Morgan fingerprint density at radius 2 is 1.84 bits per heavy atom. The Bertz CT molecular complexity index is 1510. The number of anilines is 1. The number of rotatable bonds is 12. The van der Waals surface area contributed by atoms with Crippen LogP contribution >= 0.6 is 38.3 Å². The Labute approximate surface area is 253 Å². The summed E-state index contributed by atoms with van der Waals surface area (Å²) in [6.45, 7) is 0.790. The van der Waals surface area contributed by atoms with Crippen LogP contribution in [0.5, 0.6) is 0 Å². The van der Waals surface area contributed by atoms with E-state index in [2.05, 4.69) is 20.3 Å². The van der Waals surface area contributed by atoms with E-state index in [0.29, 0.717) is 11.3 Å². The summed E-state index contributed by atoms with van der Waals surface area (Å²) in [5, 5.41) is 22.9. The molecule has 0 spiro atoms. The van der Waals surface area contributed by atoms with Crippen molar-refractivity contribution in [2.75, 3.05) is 24.8 Å². The van der Waals surface area contributed by atoms with Crippen LogP contribution in [0.1, 0.15) is 19.0 Å². The summed E-state index contributed by atoms with van der Waals surface area (Å²) in [6.07, 6.45) is -3.46. The summed E-state index contributed by atoms with van der Waals surface area (Å²) >= 11 is 1.74. The van der Waals surface area contributed by atoms with Gasteiger partial charge in [-0.3, -0.25) is 33.2 Å². The second kappa shape index (κ2) is 13.3. The maximum absolute atomic E-state index is 13.1. The van der Waals surface area contributed by atoms with Crippen LogP contribution in [0, 0.1) is 0 Å². The molecule has 1 saturated heterocycles. The van der Waals surface area contributed by atoms with Crippen LogP contribution in [0.2, 0.25) is 0 Å². The van der Waals surface area contributed by atoms with Crippen molar-refractivity contribution >= 4 is 79.0 Å². The van der Waals surface area contributed by atoms with Gasteiger partial charge >= 0.3 is 27.3 Å². The minimum atomic E-state index is -5.92. The van der Waals surface area contributed by atoms with Crippen LogP contribution < -0.4 is 10.6 Å². The van der Waals surface area contributed by atoms with Crippen LogP contribution in [0.4, 0.5) is 9.93 Å². The van der Waals surface area contributed by atoms with Gasteiger partial charge in [0.15, 0.2) is 10.8 Å². The minimum Gasteiger partial charge on any atom is -0.461 e. The number of oxime groups is 1. The first-order chi connectivity index (χ1) is 20.3. The average molecular weight is 703 g/mol. The first-order valence-corrected chi connectivity index (χ1v) is 16.7. The molecule has 1 aromatic heterocycles. The molecule has 1 fully saturated rings. The number of nitrogens with zero attached hydrogens (tertiary/aromatic N) is 3. The van der Waals surface area contributed by atoms with Gasteiger partial charge in [-0.2, -0.15) is 0 Å². The van der Waals surface area contributed by atoms with Crippen LogP contribution in [0.15, 0.2) is 22.0 Å². The molecular formula is C19H23N5O16P2S2. The highest BCUT2D eigenvalue weighted by molar-refractivity contribution is 8.00. The fourth-order valence-electron chi connectivity index (χ4n) is 3.60. The predicted molar refractivity (Wildman–Crippen MR) is 146 cm³/mol. The highest BCUT2D eigenvalue weighted by atomic mass is 32.2. The summed E-state index contributed by atoms with van der Waals surface area (Å²) in [5.41, 5.74) is -0.574. The van der Waals surface area contributed by atoms with E-state index in [0.717, 1.165) is 36.1 Å². The second-order valence-corrected chi connectivity index (χ2v) is 14.6. The molecule has 2 atom stereocenters. The van der Waals surface area contributed by atoms with E-state index in [4.69, 9.17) is 14.6 Å². The molecular weight excluding hydrogens is 680 g/mol. The molecule has 242 valence electrons. The van der Waals surface area contributed by atoms with Crippen molar-refractivity contribution in [3.05, 3.63) is 22.5 Å². The summed E-state index contributed by atoms with van der Waals surface area (Å²) in [6, 6.07) is -1.21. The van der Waals surface area contributed by atoms with Gasteiger partial charge in [0.05, 0.1) is 6.42 Å². The molecule has 25 heteroatoms. The van der Waals surface area contributed by atoms with E-state index in [1.165, 1.54) is 0 Å². The third-order valence-electron chi connectivity index (χ3n) is 5.63. The van der Waals surface area contributed by atoms with Crippen molar-refractivity contribution in [1.29, 1.82) is 0 Å². The summed E-state index contributed by atoms with van der Waals surface area (Å²) in [7, 11) is -10.8. The Hall–Kier alpha value is -3.40. The average Bonchev–Trinajstić information content (AvgIpc) is 3.34. The maximum Gasteiger partial charge on any atom is 0.512 e. The van der Waals surface area contributed by atoms with Crippen molar-refractivity contribution in [2.24, 2.45) is 5.16 Å².